The highest BCUT2D eigenvalue weighted by Crippen LogP contribution is 2.26. The molecule has 2 nitrogen and oxygen atoms in total. The fourth-order valence-electron chi connectivity index (χ4n) is 2.19. The second-order valence-corrected chi connectivity index (χ2v) is 4.63. The zero-order chi connectivity index (χ0) is 10.8. The van der Waals surface area contributed by atoms with Gasteiger partial charge in [0.1, 0.15) is 0 Å². The molecule has 0 aliphatic carbocycles. The molecule has 0 aromatic heterocycles. The first-order chi connectivity index (χ1) is 7.19. The van der Waals surface area contributed by atoms with Crippen LogP contribution in [0, 0.1) is 0 Å². The number of hydrogen-bond donors (Lipinski definition) is 2. The molecule has 0 saturated heterocycles. The third-order valence-corrected chi connectivity index (χ3v) is 3.13. The minimum absolute atomic E-state index is 0.551. The molecule has 1 aromatic rings. The van der Waals surface area contributed by atoms with Gasteiger partial charge in [0, 0.05) is 17.8 Å². The Labute approximate surface area is 92.1 Å². The molecule has 2 unspecified atom stereocenters. The smallest absolute Gasteiger partial charge is 0.0375 e. The van der Waals surface area contributed by atoms with Gasteiger partial charge >= 0.3 is 0 Å². The van der Waals surface area contributed by atoms with Gasteiger partial charge in [0.15, 0.2) is 0 Å². The van der Waals surface area contributed by atoms with Crippen LogP contribution < -0.4 is 10.6 Å². The van der Waals surface area contributed by atoms with Gasteiger partial charge in [-0.2, -0.15) is 0 Å². The molecule has 2 N–H and O–H groups in total. The second-order valence-electron chi connectivity index (χ2n) is 4.63. The summed E-state index contributed by atoms with van der Waals surface area (Å²) in [5, 5.41) is 6.75. The van der Waals surface area contributed by atoms with Gasteiger partial charge in [0.2, 0.25) is 0 Å². The summed E-state index contributed by atoms with van der Waals surface area (Å²) in [6.07, 6.45) is 2.27. The van der Waals surface area contributed by atoms with E-state index in [1.807, 2.05) is 7.05 Å². The van der Waals surface area contributed by atoms with Crippen LogP contribution in [0.3, 0.4) is 0 Å². The van der Waals surface area contributed by atoms with E-state index >= 15 is 0 Å². The lowest BCUT2D eigenvalue weighted by Gasteiger charge is -2.10. The summed E-state index contributed by atoms with van der Waals surface area (Å²) in [6, 6.07) is 7.94. The number of fused-ring (bicyclic) bond motifs is 1. The average Bonchev–Trinajstić information content (AvgIpc) is 2.57. The topological polar surface area (TPSA) is 24.1 Å². The van der Waals surface area contributed by atoms with E-state index in [2.05, 4.69) is 42.7 Å². The number of benzene rings is 1. The minimum atomic E-state index is 0.551. The highest BCUT2D eigenvalue weighted by molar-refractivity contribution is 5.57. The van der Waals surface area contributed by atoms with E-state index in [1.54, 1.807) is 0 Å². The molecule has 82 valence electrons. The SMILES string of the molecule is CNC(C)Cc1ccc2c(c1)CC(C)N2. The zero-order valence-corrected chi connectivity index (χ0v) is 9.80. The number of nitrogens with one attached hydrogen (secondary N) is 2. The Hall–Kier alpha value is -1.02. The van der Waals surface area contributed by atoms with Gasteiger partial charge < -0.3 is 10.6 Å². The molecule has 0 amide bonds. The molecule has 2 atom stereocenters. The summed E-state index contributed by atoms with van der Waals surface area (Å²) in [4.78, 5) is 0. The van der Waals surface area contributed by atoms with Gasteiger partial charge in [-0.05, 0) is 50.9 Å². The summed E-state index contributed by atoms with van der Waals surface area (Å²) in [5.41, 5.74) is 4.23. The van der Waals surface area contributed by atoms with Crippen LogP contribution in [0.25, 0.3) is 0 Å². The van der Waals surface area contributed by atoms with Gasteiger partial charge in [-0.15, -0.1) is 0 Å². The maximum absolute atomic E-state index is 3.48. The van der Waals surface area contributed by atoms with Crippen LogP contribution in [0.5, 0.6) is 0 Å². The summed E-state index contributed by atoms with van der Waals surface area (Å²) >= 11 is 0. The number of anilines is 1. The summed E-state index contributed by atoms with van der Waals surface area (Å²) < 4.78 is 0. The van der Waals surface area contributed by atoms with Crippen LogP contribution in [-0.4, -0.2) is 19.1 Å². The van der Waals surface area contributed by atoms with Crippen molar-refractivity contribution in [3.63, 3.8) is 0 Å². The largest absolute Gasteiger partial charge is 0.382 e. The highest BCUT2D eigenvalue weighted by Gasteiger charge is 2.16. The van der Waals surface area contributed by atoms with Crippen molar-refractivity contribution >= 4 is 5.69 Å². The summed E-state index contributed by atoms with van der Waals surface area (Å²) in [6.45, 7) is 4.45. The van der Waals surface area contributed by atoms with Gasteiger partial charge in [0.25, 0.3) is 0 Å². The zero-order valence-electron chi connectivity index (χ0n) is 9.80. The first-order valence-electron chi connectivity index (χ1n) is 5.74. The lowest BCUT2D eigenvalue weighted by molar-refractivity contribution is 0.608. The van der Waals surface area contributed by atoms with Crippen LogP contribution in [0.15, 0.2) is 18.2 Å². The fourth-order valence-corrected chi connectivity index (χ4v) is 2.19. The molecule has 1 aliphatic heterocycles. The first kappa shape index (κ1) is 10.5. The normalized spacial score (nSPS) is 20.9. The van der Waals surface area contributed by atoms with Crippen LogP contribution in [0.1, 0.15) is 25.0 Å². The molecule has 0 fully saturated rings. The molecule has 0 spiro atoms. The maximum atomic E-state index is 3.48. The minimum Gasteiger partial charge on any atom is -0.382 e. The summed E-state index contributed by atoms with van der Waals surface area (Å²) in [5.74, 6) is 0. The second kappa shape index (κ2) is 4.23. The van der Waals surface area contributed by atoms with Crippen molar-refractivity contribution in [2.75, 3.05) is 12.4 Å². The third-order valence-electron chi connectivity index (χ3n) is 3.13. The van der Waals surface area contributed by atoms with Gasteiger partial charge in [-0.3, -0.25) is 0 Å². The highest BCUT2D eigenvalue weighted by atomic mass is 14.9. The van der Waals surface area contributed by atoms with Crippen molar-refractivity contribution in [1.29, 1.82) is 0 Å². The standard InChI is InChI=1S/C13H20N2/c1-9(14-3)6-11-4-5-13-12(8-11)7-10(2)15-13/h4-5,8-10,14-15H,6-7H2,1-3H3. The summed E-state index contributed by atoms with van der Waals surface area (Å²) in [7, 11) is 2.02. The van der Waals surface area contributed by atoms with Gasteiger partial charge in [0.05, 0.1) is 0 Å². The Morgan fingerprint density at radius 3 is 3.07 bits per heavy atom. The van der Waals surface area contributed by atoms with Crippen molar-refractivity contribution in [3.8, 4) is 0 Å². The van der Waals surface area contributed by atoms with E-state index in [1.165, 1.54) is 16.8 Å². The van der Waals surface area contributed by atoms with Crippen molar-refractivity contribution in [1.82, 2.24) is 5.32 Å². The quantitative estimate of drug-likeness (QED) is 0.788. The number of rotatable bonds is 3. The lowest BCUT2D eigenvalue weighted by Crippen LogP contribution is -2.23. The Kier molecular flexibility index (Phi) is 2.96. The molecular weight excluding hydrogens is 184 g/mol. The van der Waals surface area contributed by atoms with Gasteiger partial charge in [-0.25, -0.2) is 0 Å². The molecular formula is C13H20N2. The average molecular weight is 204 g/mol. The molecule has 0 radical (unpaired) electrons. The molecule has 15 heavy (non-hydrogen) atoms. The van der Waals surface area contributed by atoms with Crippen LogP contribution in [0.2, 0.25) is 0 Å². The lowest BCUT2D eigenvalue weighted by atomic mass is 10.0. The molecule has 1 aliphatic rings. The van der Waals surface area contributed by atoms with E-state index in [4.69, 9.17) is 0 Å². The predicted molar refractivity (Wildman–Crippen MR) is 65.5 cm³/mol. The predicted octanol–water partition coefficient (Wildman–Crippen LogP) is 2.19. The number of hydrogen-bond acceptors (Lipinski definition) is 2. The molecule has 2 rings (SSSR count). The molecule has 0 saturated carbocycles. The monoisotopic (exact) mass is 204 g/mol. The van der Waals surface area contributed by atoms with E-state index in [9.17, 15) is 0 Å². The van der Waals surface area contributed by atoms with Crippen LogP contribution in [0.4, 0.5) is 5.69 Å². The Morgan fingerprint density at radius 1 is 1.53 bits per heavy atom. The fraction of sp³-hybridized carbons (Fsp3) is 0.538. The van der Waals surface area contributed by atoms with Crippen molar-refractivity contribution in [2.24, 2.45) is 0 Å². The Bertz CT molecular complexity index is 346. The van der Waals surface area contributed by atoms with Crippen molar-refractivity contribution in [3.05, 3.63) is 29.3 Å². The molecule has 0 bridgehead atoms. The molecule has 2 heteroatoms. The molecule has 1 aromatic carbocycles. The van der Waals surface area contributed by atoms with E-state index in [-0.39, 0.29) is 0 Å². The van der Waals surface area contributed by atoms with Crippen LogP contribution in [-0.2, 0) is 12.8 Å². The van der Waals surface area contributed by atoms with Crippen molar-refractivity contribution in [2.45, 2.75) is 38.8 Å². The molecule has 1 heterocycles. The van der Waals surface area contributed by atoms with Crippen molar-refractivity contribution < 1.29 is 0 Å². The van der Waals surface area contributed by atoms with E-state index < -0.39 is 0 Å². The Morgan fingerprint density at radius 2 is 2.33 bits per heavy atom. The van der Waals surface area contributed by atoms with E-state index in [0.29, 0.717) is 12.1 Å². The maximum Gasteiger partial charge on any atom is 0.0375 e. The number of likely N-dealkylation sites (N-methyl/N-ethyl adjacent to an activating group) is 1. The van der Waals surface area contributed by atoms with Crippen LogP contribution >= 0.6 is 0 Å². The van der Waals surface area contributed by atoms with Gasteiger partial charge in [-0.1, -0.05) is 12.1 Å². The Balaban J connectivity index is 2.13. The third kappa shape index (κ3) is 2.32. The van der Waals surface area contributed by atoms with E-state index in [0.717, 1.165) is 12.8 Å². The first-order valence-corrected chi connectivity index (χ1v) is 5.74.